The van der Waals surface area contributed by atoms with E-state index in [4.69, 9.17) is 28.4 Å². The maximum atomic E-state index is 13.0. The number of hydrogen-bond donors (Lipinski definition) is 0. The molecule has 55 heavy (non-hydrogen) atoms. The van der Waals surface area contributed by atoms with Crippen LogP contribution in [0.5, 0.6) is 0 Å². The Labute approximate surface area is 332 Å². The summed E-state index contributed by atoms with van der Waals surface area (Å²) in [5, 5.41) is 0. The molecular formula is C45H76O10. The van der Waals surface area contributed by atoms with Crippen LogP contribution in [0.4, 0.5) is 0 Å². The van der Waals surface area contributed by atoms with Gasteiger partial charge in [0.2, 0.25) is 0 Å². The normalized spacial score (nSPS) is 26.4. The van der Waals surface area contributed by atoms with Gasteiger partial charge in [0.25, 0.3) is 0 Å². The molecule has 2 aliphatic carbocycles. The summed E-state index contributed by atoms with van der Waals surface area (Å²) in [4.78, 5) is 51.6. The van der Waals surface area contributed by atoms with Crippen LogP contribution < -0.4 is 0 Å². The van der Waals surface area contributed by atoms with Gasteiger partial charge in [-0.2, -0.15) is 0 Å². The predicted molar refractivity (Wildman–Crippen MR) is 211 cm³/mol. The van der Waals surface area contributed by atoms with Gasteiger partial charge >= 0.3 is 23.9 Å². The van der Waals surface area contributed by atoms with Crippen LogP contribution in [-0.2, 0) is 47.6 Å². The molecule has 4 rings (SSSR count). The second-order valence-electron chi connectivity index (χ2n) is 16.9. The molecule has 0 amide bonds. The number of unbranched alkanes of at least 4 members (excludes halogenated alkanes) is 20. The molecule has 4 aliphatic rings. The Morgan fingerprint density at radius 1 is 0.345 bits per heavy atom. The summed E-state index contributed by atoms with van der Waals surface area (Å²) in [7, 11) is 0. The molecule has 10 heteroatoms. The number of epoxide rings is 2. The van der Waals surface area contributed by atoms with Crippen LogP contribution in [0, 0.1) is 23.7 Å². The molecule has 0 aromatic carbocycles. The maximum absolute atomic E-state index is 13.0. The fourth-order valence-corrected chi connectivity index (χ4v) is 8.57. The smallest absolute Gasteiger partial charge is 0.309 e. The zero-order chi connectivity index (χ0) is 39.1. The molecule has 0 N–H and O–H groups in total. The van der Waals surface area contributed by atoms with Crippen molar-refractivity contribution in [2.45, 2.75) is 212 Å². The minimum Gasteiger partial charge on any atom is -0.465 e. The molecule has 4 fully saturated rings. The SMILES string of the molecule is CCCCCCCCOC(=O)C1CC2OC2CC1C(=O)OCCCCCCCCCCCCCOC(=O)C1CC2OC2CC1C(=O)OCCCCCCCC. The molecule has 8 unspecified atom stereocenters. The number of rotatable bonds is 32. The van der Waals surface area contributed by atoms with Gasteiger partial charge in [0, 0.05) is 0 Å². The van der Waals surface area contributed by atoms with Gasteiger partial charge in [-0.3, -0.25) is 19.2 Å². The molecular weight excluding hydrogens is 700 g/mol. The Morgan fingerprint density at radius 3 is 0.764 bits per heavy atom. The third-order valence-electron chi connectivity index (χ3n) is 12.3. The van der Waals surface area contributed by atoms with Crippen molar-refractivity contribution in [1.29, 1.82) is 0 Å². The minimum atomic E-state index is -0.456. The number of fused-ring (bicyclic) bond motifs is 2. The Balaban J connectivity index is 0.940. The summed E-state index contributed by atoms with van der Waals surface area (Å²) in [6.45, 7) is 6.07. The summed E-state index contributed by atoms with van der Waals surface area (Å²) in [5.41, 5.74) is 0. The van der Waals surface area contributed by atoms with Gasteiger partial charge in [-0.1, -0.05) is 136 Å². The highest BCUT2D eigenvalue weighted by atomic mass is 16.6. The van der Waals surface area contributed by atoms with Crippen LogP contribution in [0.2, 0.25) is 0 Å². The summed E-state index contributed by atoms with van der Waals surface area (Å²) in [5.74, 6) is -2.88. The second-order valence-corrected chi connectivity index (χ2v) is 16.9. The molecule has 0 bridgehead atoms. The number of ether oxygens (including phenoxy) is 6. The van der Waals surface area contributed by atoms with Crippen LogP contribution in [0.25, 0.3) is 0 Å². The molecule has 2 aliphatic heterocycles. The Morgan fingerprint density at radius 2 is 0.545 bits per heavy atom. The Bertz CT molecular complexity index is 1030. The average Bonchev–Trinajstić information content (AvgIpc) is 4.12. The molecule has 0 aromatic heterocycles. The average molecular weight is 777 g/mol. The number of carbonyl (C=O) groups is 4. The molecule has 8 atom stereocenters. The summed E-state index contributed by atoms with van der Waals surface area (Å²) >= 11 is 0. The Hall–Kier alpha value is -2.20. The topological polar surface area (TPSA) is 130 Å². The highest BCUT2D eigenvalue weighted by molar-refractivity contribution is 5.83. The van der Waals surface area contributed by atoms with E-state index in [2.05, 4.69) is 13.8 Å². The van der Waals surface area contributed by atoms with E-state index in [1.54, 1.807) is 0 Å². The van der Waals surface area contributed by atoms with E-state index in [-0.39, 0.29) is 48.3 Å². The third kappa shape index (κ3) is 17.5. The fraction of sp³-hybridized carbons (Fsp3) is 0.911. The van der Waals surface area contributed by atoms with Crippen molar-refractivity contribution in [2.24, 2.45) is 23.7 Å². The largest absolute Gasteiger partial charge is 0.465 e. The Kier molecular flexibility index (Phi) is 22.1. The van der Waals surface area contributed by atoms with Crippen LogP contribution in [0.3, 0.4) is 0 Å². The van der Waals surface area contributed by atoms with Crippen molar-refractivity contribution < 1.29 is 47.6 Å². The summed E-state index contributed by atoms with van der Waals surface area (Å²) in [6, 6.07) is 0. The van der Waals surface area contributed by atoms with Crippen LogP contribution in [0.1, 0.15) is 187 Å². The first kappa shape index (κ1) is 45.5. The van der Waals surface area contributed by atoms with Crippen molar-refractivity contribution in [3.8, 4) is 0 Å². The summed E-state index contributed by atoms with van der Waals surface area (Å²) in [6.07, 6.45) is 28.2. The highest BCUT2D eigenvalue weighted by Crippen LogP contribution is 2.45. The molecule has 2 saturated carbocycles. The number of esters is 4. The molecule has 316 valence electrons. The van der Waals surface area contributed by atoms with Crippen molar-refractivity contribution in [1.82, 2.24) is 0 Å². The molecule has 0 spiro atoms. The van der Waals surface area contributed by atoms with Crippen molar-refractivity contribution in [2.75, 3.05) is 26.4 Å². The minimum absolute atomic E-state index is 0.0880. The van der Waals surface area contributed by atoms with E-state index in [1.807, 2.05) is 0 Å². The lowest BCUT2D eigenvalue weighted by molar-refractivity contribution is -0.162. The lowest BCUT2D eigenvalue weighted by atomic mass is 9.79. The van der Waals surface area contributed by atoms with Crippen molar-refractivity contribution in [3.63, 3.8) is 0 Å². The molecule has 2 heterocycles. The van der Waals surface area contributed by atoms with Gasteiger partial charge in [0.1, 0.15) is 0 Å². The molecule has 0 radical (unpaired) electrons. The summed E-state index contributed by atoms with van der Waals surface area (Å²) < 4.78 is 33.8. The standard InChI is InChI=1S/C45H76O10/c1-3-5-7-9-18-22-26-50-42(46)34-30-38-40(54-38)32-36(34)44(48)52-28-24-20-16-14-12-11-13-15-17-21-25-29-53-45(49)37-33-41-39(55-41)31-35(37)43(47)51-27-23-19-10-8-6-4-2/h34-41H,3-33H2,1-2H3. The van der Waals surface area contributed by atoms with Crippen LogP contribution in [0.15, 0.2) is 0 Å². The predicted octanol–water partition coefficient (Wildman–Crippen LogP) is 9.76. The van der Waals surface area contributed by atoms with Gasteiger partial charge in [-0.25, -0.2) is 0 Å². The maximum Gasteiger partial charge on any atom is 0.309 e. The lowest BCUT2D eigenvalue weighted by Crippen LogP contribution is -2.37. The van der Waals surface area contributed by atoms with Gasteiger partial charge in [-0.15, -0.1) is 0 Å². The second kappa shape index (κ2) is 26.7. The first-order valence-corrected chi connectivity index (χ1v) is 22.9. The number of hydrogen-bond acceptors (Lipinski definition) is 10. The number of carbonyl (C=O) groups excluding carboxylic acids is 4. The van der Waals surface area contributed by atoms with Crippen molar-refractivity contribution >= 4 is 23.9 Å². The zero-order valence-corrected chi connectivity index (χ0v) is 34.6. The molecule has 2 saturated heterocycles. The third-order valence-corrected chi connectivity index (χ3v) is 12.3. The lowest BCUT2D eigenvalue weighted by Gasteiger charge is -2.26. The first-order valence-electron chi connectivity index (χ1n) is 22.9. The van der Waals surface area contributed by atoms with Gasteiger partial charge in [0.05, 0.1) is 74.5 Å². The van der Waals surface area contributed by atoms with Crippen molar-refractivity contribution in [3.05, 3.63) is 0 Å². The van der Waals surface area contributed by atoms with Crippen LogP contribution in [-0.4, -0.2) is 74.7 Å². The van der Waals surface area contributed by atoms with E-state index >= 15 is 0 Å². The molecule has 10 nitrogen and oxygen atoms in total. The zero-order valence-electron chi connectivity index (χ0n) is 34.6. The highest BCUT2D eigenvalue weighted by Gasteiger charge is 2.54. The monoisotopic (exact) mass is 777 g/mol. The fourth-order valence-electron chi connectivity index (χ4n) is 8.57. The van der Waals surface area contributed by atoms with E-state index in [9.17, 15) is 19.2 Å². The molecule has 0 aromatic rings. The van der Waals surface area contributed by atoms with E-state index in [1.165, 1.54) is 83.5 Å². The van der Waals surface area contributed by atoms with Gasteiger partial charge in [-0.05, 0) is 51.4 Å². The van der Waals surface area contributed by atoms with Gasteiger partial charge < -0.3 is 28.4 Å². The van der Waals surface area contributed by atoms with E-state index < -0.39 is 23.7 Å². The van der Waals surface area contributed by atoms with E-state index in [0.29, 0.717) is 52.1 Å². The van der Waals surface area contributed by atoms with Crippen LogP contribution >= 0.6 is 0 Å². The first-order chi connectivity index (χ1) is 26.9. The van der Waals surface area contributed by atoms with Gasteiger partial charge in [0.15, 0.2) is 0 Å². The van der Waals surface area contributed by atoms with E-state index in [0.717, 1.165) is 64.2 Å². The quantitative estimate of drug-likeness (QED) is 0.0282.